The summed E-state index contributed by atoms with van der Waals surface area (Å²) in [7, 11) is 1.61. The normalized spacial score (nSPS) is 14.2. The number of hydrogen-bond donors (Lipinski definition) is 3. The van der Waals surface area contributed by atoms with Crippen LogP contribution in [0.4, 0.5) is 0 Å². The molecule has 0 spiro atoms. The number of methoxy groups -OCH3 is 1. The highest BCUT2D eigenvalue weighted by Gasteiger charge is 2.28. The molecule has 10 heteroatoms. The zero-order chi connectivity index (χ0) is 30.8. The molecule has 10 nitrogen and oxygen atoms in total. The highest BCUT2D eigenvalue weighted by atomic mass is 16.5. The third-order valence-electron chi connectivity index (χ3n) is 7.55. The molecular weight excluding hydrogens is 548 g/mol. The summed E-state index contributed by atoms with van der Waals surface area (Å²) in [5, 5.41) is 19.1. The predicted molar refractivity (Wildman–Crippen MR) is 163 cm³/mol. The molecule has 0 radical (unpaired) electrons. The molecule has 1 aromatic heterocycles. The van der Waals surface area contributed by atoms with Crippen LogP contribution < -0.4 is 20.1 Å². The lowest BCUT2D eigenvalue weighted by atomic mass is 9.95. The number of carboxylic acid groups (broad SMARTS) is 1. The number of rotatable bonds is 14. The van der Waals surface area contributed by atoms with E-state index in [1.165, 1.54) is 6.42 Å². The Balaban J connectivity index is 1.67. The quantitative estimate of drug-likeness (QED) is 0.230. The molecule has 3 N–H and O–H groups in total. The highest BCUT2D eigenvalue weighted by molar-refractivity contribution is 5.94. The molecule has 1 fully saturated rings. The summed E-state index contributed by atoms with van der Waals surface area (Å²) in [4.78, 5) is 36.9. The first kappa shape index (κ1) is 31.6. The van der Waals surface area contributed by atoms with Gasteiger partial charge in [0.05, 0.1) is 24.4 Å². The fraction of sp³-hybridized carbons (Fsp3) is 0.455. The highest BCUT2D eigenvalue weighted by Crippen LogP contribution is 2.42. The van der Waals surface area contributed by atoms with E-state index < -0.39 is 30.4 Å². The molecule has 3 aromatic rings. The second kappa shape index (κ2) is 15.2. The molecule has 1 atom stereocenters. The minimum absolute atomic E-state index is 0.0304. The van der Waals surface area contributed by atoms with Crippen LogP contribution >= 0.6 is 0 Å². The third kappa shape index (κ3) is 8.83. The minimum atomic E-state index is -1.12. The average molecular weight is 591 g/mol. The SMILES string of the molecule is COc1cccc(OCc2ccccc2)c1-c1cc(C(=O)NC(CC(=O)NCC(=O)O)CC(C)C)nn1C1CCCCC1. The van der Waals surface area contributed by atoms with Gasteiger partial charge in [0.25, 0.3) is 5.91 Å². The molecule has 0 saturated heterocycles. The third-order valence-corrected chi connectivity index (χ3v) is 7.55. The number of aliphatic carboxylic acids is 1. The van der Waals surface area contributed by atoms with Crippen LogP contribution in [0.15, 0.2) is 54.6 Å². The maximum Gasteiger partial charge on any atom is 0.322 e. The van der Waals surface area contributed by atoms with Gasteiger partial charge >= 0.3 is 5.97 Å². The zero-order valence-electron chi connectivity index (χ0n) is 25.2. The first-order valence-electron chi connectivity index (χ1n) is 15.0. The van der Waals surface area contributed by atoms with Crippen molar-refractivity contribution in [2.45, 2.75) is 77.5 Å². The van der Waals surface area contributed by atoms with Gasteiger partial charge in [-0.25, -0.2) is 0 Å². The average Bonchev–Trinajstić information content (AvgIpc) is 3.44. The number of amides is 2. The number of aromatic nitrogens is 2. The van der Waals surface area contributed by atoms with E-state index in [0.29, 0.717) is 24.5 Å². The Labute approximate surface area is 252 Å². The van der Waals surface area contributed by atoms with Crippen molar-refractivity contribution < 1.29 is 29.0 Å². The van der Waals surface area contributed by atoms with Crippen LogP contribution in [0.5, 0.6) is 11.5 Å². The largest absolute Gasteiger partial charge is 0.496 e. The number of carbonyl (C=O) groups is 3. The van der Waals surface area contributed by atoms with Gasteiger partial charge in [-0.15, -0.1) is 0 Å². The van der Waals surface area contributed by atoms with Gasteiger partial charge in [0, 0.05) is 12.5 Å². The van der Waals surface area contributed by atoms with Crippen molar-refractivity contribution in [3.05, 3.63) is 65.9 Å². The van der Waals surface area contributed by atoms with E-state index >= 15 is 0 Å². The molecule has 1 aliphatic rings. The number of carbonyl (C=O) groups excluding carboxylic acids is 2. The van der Waals surface area contributed by atoms with Gasteiger partial charge < -0.3 is 25.2 Å². The van der Waals surface area contributed by atoms with Crippen molar-refractivity contribution >= 4 is 17.8 Å². The molecular formula is C33H42N4O6. The van der Waals surface area contributed by atoms with Crippen molar-refractivity contribution in [1.82, 2.24) is 20.4 Å². The van der Waals surface area contributed by atoms with Gasteiger partial charge in [0.2, 0.25) is 5.91 Å². The Morgan fingerprint density at radius 3 is 2.42 bits per heavy atom. The lowest BCUT2D eigenvalue weighted by Gasteiger charge is -2.25. The Kier molecular flexibility index (Phi) is 11.2. The van der Waals surface area contributed by atoms with E-state index in [4.69, 9.17) is 19.7 Å². The van der Waals surface area contributed by atoms with Crippen molar-refractivity contribution in [1.29, 1.82) is 0 Å². The van der Waals surface area contributed by atoms with E-state index in [9.17, 15) is 14.4 Å². The van der Waals surface area contributed by atoms with Crippen LogP contribution in [0, 0.1) is 5.92 Å². The molecule has 2 amide bonds. The van der Waals surface area contributed by atoms with Crippen molar-refractivity contribution in [2.24, 2.45) is 5.92 Å². The summed E-state index contributed by atoms with van der Waals surface area (Å²) in [5.41, 5.74) is 2.72. The Morgan fingerprint density at radius 1 is 1.02 bits per heavy atom. The molecule has 230 valence electrons. The molecule has 43 heavy (non-hydrogen) atoms. The van der Waals surface area contributed by atoms with Crippen LogP contribution in [0.3, 0.4) is 0 Å². The number of hydrogen-bond acceptors (Lipinski definition) is 6. The number of carboxylic acids is 1. The van der Waals surface area contributed by atoms with Crippen molar-refractivity contribution in [2.75, 3.05) is 13.7 Å². The van der Waals surface area contributed by atoms with Crippen LogP contribution in [-0.2, 0) is 16.2 Å². The topological polar surface area (TPSA) is 132 Å². The van der Waals surface area contributed by atoms with E-state index in [-0.39, 0.29) is 24.1 Å². The summed E-state index contributed by atoms with van der Waals surface area (Å²) in [6.07, 6.45) is 5.74. The molecule has 1 saturated carbocycles. The van der Waals surface area contributed by atoms with E-state index in [2.05, 4.69) is 10.6 Å². The monoisotopic (exact) mass is 590 g/mol. The summed E-state index contributed by atoms with van der Waals surface area (Å²) in [5.74, 6) is -0.514. The molecule has 0 aliphatic heterocycles. The Bertz CT molecular complexity index is 1380. The first-order chi connectivity index (χ1) is 20.7. The Hall–Kier alpha value is -4.34. The lowest BCUT2D eigenvalue weighted by Crippen LogP contribution is -2.41. The number of nitrogens with zero attached hydrogens (tertiary/aromatic N) is 2. The van der Waals surface area contributed by atoms with Gasteiger partial charge in [0.1, 0.15) is 24.7 Å². The summed E-state index contributed by atoms with van der Waals surface area (Å²) in [6.45, 7) is 3.91. The summed E-state index contributed by atoms with van der Waals surface area (Å²) < 4.78 is 14.0. The molecule has 4 rings (SSSR count). The molecule has 0 bridgehead atoms. The van der Waals surface area contributed by atoms with Gasteiger partial charge in [-0.3, -0.25) is 19.1 Å². The predicted octanol–water partition coefficient (Wildman–Crippen LogP) is 5.38. The van der Waals surface area contributed by atoms with Gasteiger partial charge in [-0.05, 0) is 48.9 Å². The van der Waals surface area contributed by atoms with E-state index in [1.54, 1.807) is 13.2 Å². The number of nitrogens with one attached hydrogen (secondary N) is 2. The van der Waals surface area contributed by atoms with Crippen molar-refractivity contribution in [3.8, 4) is 22.8 Å². The molecule has 2 aromatic carbocycles. The molecule has 1 unspecified atom stereocenters. The lowest BCUT2D eigenvalue weighted by molar-refractivity contribution is -0.138. The minimum Gasteiger partial charge on any atom is -0.496 e. The zero-order valence-corrected chi connectivity index (χ0v) is 25.2. The second-order valence-electron chi connectivity index (χ2n) is 11.4. The summed E-state index contributed by atoms with van der Waals surface area (Å²) >= 11 is 0. The van der Waals surface area contributed by atoms with Gasteiger partial charge in [0.15, 0.2) is 5.69 Å². The van der Waals surface area contributed by atoms with Gasteiger partial charge in [-0.1, -0.05) is 69.5 Å². The summed E-state index contributed by atoms with van der Waals surface area (Å²) in [6, 6.07) is 17.0. The van der Waals surface area contributed by atoms with Crippen LogP contribution in [0.2, 0.25) is 0 Å². The number of benzene rings is 2. The first-order valence-corrected chi connectivity index (χ1v) is 15.0. The van der Waals surface area contributed by atoms with Crippen molar-refractivity contribution in [3.63, 3.8) is 0 Å². The van der Waals surface area contributed by atoms with Crippen LogP contribution in [-0.4, -0.2) is 52.4 Å². The molecule has 1 heterocycles. The van der Waals surface area contributed by atoms with E-state index in [0.717, 1.165) is 42.5 Å². The van der Waals surface area contributed by atoms with Crippen LogP contribution in [0.25, 0.3) is 11.3 Å². The van der Waals surface area contributed by atoms with Crippen LogP contribution in [0.1, 0.15) is 80.9 Å². The van der Waals surface area contributed by atoms with E-state index in [1.807, 2.05) is 67.1 Å². The Morgan fingerprint density at radius 2 is 1.74 bits per heavy atom. The van der Waals surface area contributed by atoms with Gasteiger partial charge in [-0.2, -0.15) is 5.10 Å². The second-order valence-corrected chi connectivity index (χ2v) is 11.4. The standard InChI is InChI=1S/C33H42N4O6/c1-22(2)17-24(18-30(38)34-20-31(39)40)35-33(41)26-19-27(37(36-26)25-13-8-5-9-14-25)32-28(42-3)15-10-16-29(32)43-21-23-11-6-4-7-12-23/h4,6-7,10-12,15-16,19,22,24-25H,5,8-9,13-14,17-18,20-21H2,1-3H3,(H,34,38)(H,35,41)(H,39,40). The number of ether oxygens (including phenoxy) is 2. The fourth-order valence-corrected chi connectivity index (χ4v) is 5.58. The maximum atomic E-state index is 13.6. The molecule has 1 aliphatic carbocycles. The smallest absolute Gasteiger partial charge is 0.322 e. The maximum absolute atomic E-state index is 13.6. The fourth-order valence-electron chi connectivity index (χ4n) is 5.58.